The van der Waals surface area contributed by atoms with Gasteiger partial charge in [-0.3, -0.25) is 9.59 Å². The van der Waals surface area contributed by atoms with Crippen LogP contribution in [0.2, 0.25) is 0 Å². The Morgan fingerprint density at radius 1 is 1.30 bits per heavy atom. The number of aromatic nitrogens is 2. The number of H-pyrrole nitrogens is 1. The lowest BCUT2D eigenvalue weighted by atomic mass is 10.1. The van der Waals surface area contributed by atoms with E-state index < -0.39 is 0 Å². The topological polar surface area (TPSA) is 84.1 Å². The van der Waals surface area contributed by atoms with Gasteiger partial charge in [-0.2, -0.15) is 0 Å². The first kappa shape index (κ1) is 20.4. The smallest absolute Gasteiger partial charge is 0.254 e. The summed E-state index contributed by atoms with van der Waals surface area (Å²) in [5.41, 5.74) is 2.37. The van der Waals surface area contributed by atoms with Crippen LogP contribution in [0.5, 0.6) is 5.75 Å². The molecule has 2 rings (SSSR count). The fourth-order valence-electron chi connectivity index (χ4n) is 2.79. The summed E-state index contributed by atoms with van der Waals surface area (Å²) in [5, 5.41) is 2.75. The first-order valence-corrected chi connectivity index (χ1v) is 9.33. The minimum Gasteiger partial charge on any atom is -0.493 e. The molecular weight excluding hydrogens is 342 g/mol. The molecule has 27 heavy (non-hydrogen) atoms. The maximum absolute atomic E-state index is 12.5. The van der Waals surface area contributed by atoms with E-state index in [0.29, 0.717) is 54.3 Å². The number of aromatic amines is 1. The number of amides is 1. The summed E-state index contributed by atoms with van der Waals surface area (Å²) in [5.74, 6) is 0.784. The van der Waals surface area contributed by atoms with Crippen molar-refractivity contribution in [1.29, 1.82) is 0 Å². The summed E-state index contributed by atoms with van der Waals surface area (Å²) in [6.45, 7) is 10.4. The van der Waals surface area contributed by atoms with Crippen molar-refractivity contribution in [2.24, 2.45) is 0 Å². The number of carbonyl (C=O) groups is 1. The van der Waals surface area contributed by atoms with Crippen LogP contribution in [-0.2, 0) is 12.8 Å². The summed E-state index contributed by atoms with van der Waals surface area (Å²) < 4.78 is 5.82. The largest absolute Gasteiger partial charge is 0.493 e. The molecule has 2 N–H and O–H groups in total. The third-order valence-electron chi connectivity index (χ3n) is 4.16. The summed E-state index contributed by atoms with van der Waals surface area (Å²) in [4.78, 5) is 32.3. The Kier molecular flexibility index (Phi) is 7.34. The van der Waals surface area contributed by atoms with Crippen molar-refractivity contribution in [3.63, 3.8) is 0 Å². The Morgan fingerprint density at radius 2 is 2.07 bits per heavy atom. The van der Waals surface area contributed by atoms with Gasteiger partial charge < -0.3 is 15.0 Å². The van der Waals surface area contributed by atoms with Gasteiger partial charge in [0.05, 0.1) is 17.9 Å². The predicted octanol–water partition coefficient (Wildman–Crippen LogP) is 3.27. The fraction of sp³-hybridized carbons (Fsp3) is 0.381. The van der Waals surface area contributed by atoms with Crippen LogP contribution in [0.15, 0.2) is 35.6 Å². The van der Waals surface area contributed by atoms with E-state index in [1.54, 1.807) is 24.3 Å². The molecule has 0 saturated carbocycles. The van der Waals surface area contributed by atoms with E-state index in [1.165, 1.54) is 0 Å². The average molecular weight is 369 g/mol. The molecule has 6 heteroatoms. The molecule has 6 nitrogen and oxygen atoms in total. The second kappa shape index (κ2) is 9.71. The second-order valence-corrected chi connectivity index (χ2v) is 6.10. The van der Waals surface area contributed by atoms with E-state index in [1.807, 2.05) is 20.8 Å². The summed E-state index contributed by atoms with van der Waals surface area (Å²) in [6.07, 6.45) is 3.74. The molecule has 0 saturated heterocycles. The molecular formula is C21H27N3O3. The second-order valence-electron chi connectivity index (χ2n) is 6.10. The van der Waals surface area contributed by atoms with Crippen molar-refractivity contribution in [3.8, 4) is 17.1 Å². The van der Waals surface area contributed by atoms with Crippen LogP contribution in [0.3, 0.4) is 0 Å². The number of rotatable bonds is 9. The van der Waals surface area contributed by atoms with Gasteiger partial charge in [0.2, 0.25) is 0 Å². The molecule has 0 unspecified atom stereocenters. The number of carbonyl (C=O) groups excluding carboxylic acids is 1. The third-order valence-corrected chi connectivity index (χ3v) is 4.16. The number of hydrogen-bond acceptors (Lipinski definition) is 4. The Labute approximate surface area is 159 Å². The van der Waals surface area contributed by atoms with Crippen LogP contribution in [0.1, 0.15) is 48.8 Å². The SMILES string of the molecule is C=CCNC(=O)c1ccc(OCCC)c(-c2nc(CC)c(CC)c(=O)[nH]2)c1. The van der Waals surface area contributed by atoms with E-state index in [4.69, 9.17) is 4.74 Å². The number of nitrogens with zero attached hydrogens (tertiary/aromatic N) is 1. The maximum atomic E-state index is 12.5. The van der Waals surface area contributed by atoms with Crippen LogP contribution < -0.4 is 15.6 Å². The first-order valence-electron chi connectivity index (χ1n) is 9.33. The number of nitrogens with one attached hydrogen (secondary N) is 2. The molecule has 2 aromatic rings. The fourth-order valence-corrected chi connectivity index (χ4v) is 2.79. The monoisotopic (exact) mass is 369 g/mol. The molecule has 0 spiro atoms. The molecule has 1 heterocycles. The molecule has 0 bridgehead atoms. The molecule has 0 radical (unpaired) electrons. The molecule has 1 amide bonds. The van der Waals surface area contributed by atoms with E-state index in [2.05, 4.69) is 21.9 Å². The number of ether oxygens (including phenoxy) is 1. The van der Waals surface area contributed by atoms with Crippen molar-refractivity contribution in [2.45, 2.75) is 40.0 Å². The van der Waals surface area contributed by atoms with Gasteiger partial charge >= 0.3 is 0 Å². The standard InChI is InChI=1S/C21H27N3O3/c1-5-11-22-20(25)14-9-10-18(27-12-6-2)16(13-14)19-23-17(8-4)15(7-3)21(26)24-19/h5,9-10,13H,1,6-8,11-12H2,2-4H3,(H,22,25)(H,23,24,26). The van der Waals surface area contributed by atoms with Gasteiger partial charge in [0.25, 0.3) is 11.5 Å². The van der Waals surface area contributed by atoms with Gasteiger partial charge in [0.15, 0.2) is 0 Å². The highest BCUT2D eigenvalue weighted by Crippen LogP contribution is 2.29. The van der Waals surface area contributed by atoms with Crippen molar-refractivity contribution < 1.29 is 9.53 Å². The third kappa shape index (κ3) is 4.84. The van der Waals surface area contributed by atoms with Gasteiger partial charge in [-0.05, 0) is 37.5 Å². The van der Waals surface area contributed by atoms with Gasteiger partial charge in [-0.15, -0.1) is 6.58 Å². The molecule has 0 aliphatic carbocycles. The van der Waals surface area contributed by atoms with Gasteiger partial charge in [-0.1, -0.05) is 26.8 Å². The van der Waals surface area contributed by atoms with E-state index >= 15 is 0 Å². The molecule has 1 aromatic heterocycles. The number of hydrogen-bond donors (Lipinski definition) is 2. The quantitative estimate of drug-likeness (QED) is 0.665. The highest BCUT2D eigenvalue weighted by molar-refractivity contribution is 5.95. The number of benzene rings is 1. The zero-order valence-corrected chi connectivity index (χ0v) is 16.2. The number of aryl methyl sites for hydroxylation is 1. The van der Waals surface area contributed by atoms with Crippen molar-refractivity contribution >= 4 is 5.91 Å². The van der Waals surface area contributed by atoms with Crippen LogP contribution in [0.25, 0.3) is 11.4 Å². The van der Waals surface area contributed by atoms with Crippen LogP contribution in [-0.4, -0.2) is 29.0 Å². The molecule has 0 fully saturated rings. The highest BCUT2D eigenvalue weighted by atomic mass is 16.5. The average Bonchev–Trinajstić information content (AvgIpc) is 2.69. The van der Waals surface area contributed by atoms with Crippen LogP contribution in [0, 0.1) is 0 Å². The lowest BCUT2D eigenvalue weighted by Crippen LogP contribution is -2.23. The van der Waals surface area contributed by atoms with E-state index in [-0.39, 0.29) is 11.5 Å². The predicted molar refractivity (Wildman–Crippen MR) is 107 cm³/mol. The minimum atomic E-state index is -0.221. The van der Waals surface area contributed by atoms with Crippen LogP contribution in [0.4, 0.5) is 0 Å². The molecule has 0 aliphatic heterocycles. The van der Waals surface area contributed by atoms with Gasteiger partial charge in [0.1, 0.15) is 11.6 Å². The van der Waals surface area contributed by atoms with Crippen molar-refractivity contribution in [2.75, 3.05) is 13.2 Å². The zero-order valence-electron chi connectivity index (χ0n) is 16.2. The Bertz CT molecular complexity index is 871. The van der Waals surface area contributed by atoms with Gasteiger partial charge in [-0.25, -0.2) is 4.98 Å². The Hall–Kier alpha value is -2.89. The molecule has 144 valence electrons. The van der Waals surface area contributed by atoms with Crippen molar-refractivity contribution in [1.82, 2.24) is 15.3 Å². The Morgan fingerprint density at radius 3 is 2.70 bits per heavy atom. The van der Waals surface area contributed by atoms with E-state index in [0.717, 1.165) is 12.1 Å². The molecule has 0 atom stereocenters. The summed E-state index contributed by atoms with van der Waals surface area (Å²) in [7, 11) is 0. The zero-order chi connectivity index (χ0) is 19.8. The van der Waals surface area contributed by atoms with Crippen molar-refractivity contribution in [3.05, 3.63) is 58.0 Å². The Balaban J connectivity index is 2.57. The lowest BCUT2D eigenvalue weighted by Gasteiger charge is -2.14. The van der Waals surface area contributed by atoms with Gasteiger partial charge in [0, 0.05) is 17.7 Å². The lowest BCUT2D eigenvalue weighted by molar-refractivity contribution is 0.0958. The highest BCUT2D eigenvalue weighted by Gasteiger charge is 2.16. The minimum absolute atomic E-state index is 0.151. The molecule has 1 aromatic carbocycles. The summed E-state index contributed by atoms with van der Waals surface area (Å²) >= 11 is 0. The first-order chi connectivity index (χ1) is 13.0. The van der Waals surface area contributed by atoms with Crippen LogP contribution >= 0.6 is 0 Å². The maximum Gasteiger partial charge on any atom is 0.254 e. The van der Waals surface area contributed by atoms with E-state index in [9.17, 15) is 9.59 Å². The normalized spacial score (nSPS) is 10.5. The summed E-state index contributed by atoms with van der Waals surface area (Å²) in [6, 6.07) is 5.14. The molecule has 0 aliphatic rings.